The maximum absolute atomic E-state index is 11.9. The molecule has 2 rings (SSSR count). The van der Waals surface area contributed by atoms with E-state index in [1.807, 2.05) is 6.92 Å². The number of ether oxygens (including phenoxy) is 3. The largest absolute Gasteiger partial charge is 0.497 e. The van der Waals surface area contributed by atoms with Crippen LogP contribution < -0.4 is 14.8 Å². The highest BCUT2D eigenvalue weighted by atomic mass is 16.5. The van der Waals surface area contributed by atoms with Crippen molar-refractivity contribution in [3.05, 3.63) is 54.1 Å². The van der Waals surface area contributed by atoms with Gasteiger partial charge >= 0.3 is 5.97 Å². The lowest BCUT2D eigenvalue weighted by atomic mass is 10.2. The van der Waals surface area contributed by atoms with Crippen LogP contribution in [0.3, 0.4) is 0 Å². The van der Waals surface area contributed by atoms with Gasteiger partial charge in [0.15, 0.2) is 6.61 Å². The number of hydrogen-bond donors (Lipinski definition) is 1. The van der Waals surface area contributed by atoms with Gasteiger partial charge in [0, 0.05) is 5.69 Å². The quantitative estimate of drug-likeness (QED) is 0.745. The van der Waals surface area contributed by atoms with Gasteiger partial charge in [-0.25, -0.2) is 4.79 Å². The van der Waals surface area contributed by atoms with Crippen LogP contribution in [0.2, 0.25) is 0 Å². The Morgan fingerprint density at radius 2 is 1.60 bits per heavy atom. The monoisotopic (exact) mass is 343 g/mol. The Balaban J connectivity index is 1.82. The zero-order chi connectivity index (χ0) is 18.1. The first-order valence-electron chi connectivity index (χ1n) is 7.96. The second kappa shape index (κ2) is 9.32. The number of rotatable bonds is 8. The summed E-state index contributed by atoms with van der Waals surface area (Å²) < 4.78 is 15.5. The minimum atomic E-state index is -0.373. The molecule has 0 atom stereocenters. The first-order valence-corrected chi connectivity index (χ1v) is 7.96. The zero-order valence-electron chi connectivity index (χ0n) is 14.3. The number of methoxy groups -OCH3 is 1. The van der Waals surface area contributed by atoms with Crippen LogP contribution in [0.4, 0.5) is 5.69 Å². The van der Waals surface area contributed by atoms with Crippen molar-refractivity contribution in [2.75, 3.05) is 25.6 Å². The van der Waals surface area contributed by atoms with Crippen molar-refractivity contribution < 1.29 is 23.8 Å². The predicted molar refractivity (Wildman–Crippen MR) is 94.1 cm³/mol. The van der Waals surface area contributed by atoms with Gasteiger partial charge in [0.25, 0.3) is 5.91 Å². The molecule has 6 nitrogen and oxygen atoms in total. The highest BCUT2D eigenvalue weighted by Crippen LogP contribution is 2.17. The van der Waals surface area contributed by atoms with Crippen LogP contribution in [-0.4, -0.2) is 32.2 Å². The number of amides is 1. The van der Waals surface area contributed by atoms with E-state index >= 15 is 0 Å². The summed E-state index contributed by atoms with van der Waals surface area (Å²) in [6, 6.07) is 13.5. The van der Waals surface area contributed by atoms with Crippen molar-refractivity contribution in [2.24, 2.45) is 0 Å². The normalized spacial score (nSPS) is 10.0. The Hall–Kier alpha value is -3.02. The van der Waals surface area contributed by atoms with Crippen LogP contribution in [0.5, 0.6) is 11.5 Å². The third-order valence-electron chi connectivity index (χ3n) is 3.27. The van der Waals surface area contributed by atoms with Gasteiger partial charge in [-0.2, -0.15) is 0 Å². The Morgan fingerprint density at radius 1 is 0.960 bits per heavy atom. The molecule has 0 unspecified atom stereocenters. The number of anilines is 1. The summed E-state index contributed by atoms with van der Waals surface area (Å²) in [5.74, 6) is 0.624. The molecule has 132 valence electrons. The van der Waals surface area contributed by atoms with Gasteiger partial charge in [-0.3, -0.25) is 4.79 Å². The fourth-order valence-corrected chi connectivity index (χ4v) is 1.99. The minimum Gasteiger partial charge on any atom is -0.497 e. The van der Waals surface area contributed by atoms with E-state index in [0.717, 1.165) is 6.42 Å². The molecule has 2 aromatic carbocycles. The summed E-state index contributed by atoms with van der Waals surface area (Å²) in [6.45, 7) is 2.20. The Morgan fingerprint density at radius 3 is 2.20 bits per heavy atom. The third-order valence-corrected chi connectivity index (χ3v) is 3.27. The van der Waals surface area contributed by atoms with Crippen molar-refractivity contribution in [3.8, 4) is 11.5 Å². The lowest BCUT2D eigenvalue weighted by Gasteiger charge is -2.09. The number of esters is 1. The standard InChI is InChI=1S/C19H21NO5/c1-3-12-24-19(22)14-4-6-15(7-5-14)20-18(21)13-25-17-10-8-16(23-2)9-11-17/h4-11H,3,12-13H2,1-2H3,(H,20,21). The molecule has 6 heteroatoms. The molecule has 0 radical (unpaired) electrons. The van der Waals surface area contributed by atoms with E-state index in [4.69, 9.17) is 14.2 Å². The molecule has 0 aliphatic rings. The maximum atomic E-state index is 11.9. The van der Waals surface area contributed by atoms with E-state index < -0.39 is 0 Å². The van der Waals surface area contributed by atoms with Gasteiger partial charge in [0.2, 0.25) is 0 Å². The fourth-order valence-electron chi connectivity index (χ4n) is 1.99. The van der Waals surface area contributed by atoms with Crippen LogP contribution in [0.25, 0.3) is 0 Å². The molecule has 0 saturated carbocycles. The van der Waals surface area contributed by atoms with Crippen molar-refractivity contribution in [3.63, 3.8) is 0 Å². The highest BCUT2D eigenvalue weighted by molar-refractivity contribution is 5.93. The fraction of sp³-hybridized carbons (Fsp3) is 0.263. The highest BCUT2D eigenvalue weighted by Gasteiger charge is 2.08. The van der Waals surface area contributed by atoms with Crippen molar-refractivity contribution in [2.45, 2.75) is 13.3 Å². The number of carbonyl (C=O) groups excluding carboxylic acids is 2. The number of benzene rings is 2. The van der Waals surface area contributed by atoms with Crippen LogP contribution in [-0.2, 0) is 9.53 Å². The first kappa shape index (κ1) is 18.3. The van der Waals surface area contributed by atoms with Gasteiger partial charge in [-0.05, 0) is 55.0 Å². The SMILES string of the molecule is CCCOC(=O)c1ccc(NC(=O)COc2ccc(OC)cc2)cc1. The summed E-state index contributed by atoms with van der Waals surface area (Å²) >= 11 is 0. The van der Waals surface area contributed by atoms with Crippen molar-refractivity contribution >= 4 is 17.6 Å². The smallest absolute Gasteiger partial charge is 0.338 e. The van der Waals surface area contributed by atoms with E-state index in [1.165, 1.54) is 0 Å². The second-order valence-corrected chi connectivity index (χ2v) is 5.23. The van der Waals surface area contributed by atoms with Crippen molar-refractivity contribution in [1.29, 1.82) is 0 Å². The average molecular weight is 343 g/mol. The lowest BCUT2D eigenvalue weighted by molar-refractivity contribution is -0.118. The second-order valence-electron chi connectivity index (χ2n) is 5.23. The molecule has 25 heavy (non-hydrogen) atoms. The third kappa shape index (κ3) is 5.84. The summed E-state index contributed by atoms with van der Waals surface area (Å²) in [5, 5.41) is 2.70. The van der Waals surface area contributed by atoms with Gasteiger partial charge < -0.3 is 19.5 Å². The Kier molecular flexibility index (Phi) is 6.83. The van der Waals surface area contributed by atoms with E-state index in [0.29, 0.717) is 29.4 Å². The van der Waals surface area contributed by atoms with Gasteiger partial charge in [0.05, 0.1) is 19.3 Å². The van der Waals surface area contributed by atoms with Gasteiger partial charge in [-0.15, -0.1) is 0 Å². The molecule has 1 N–H and O–H groups in total. The number of carbonyl (C=O) groups is 2. The molecular formula is C19H21NO5. The zero-order valence-corrected chi connectivity index (χ0v) is 14.3. The summed E-state index contributed by atoms with van der Waals surface area (Å²) in [5.41, 5.74) is 1.02. The van der Waals surface area contributed by atoms with E-state index in [2.05, 4.69) is 5.32 Å². The molecule has 0 heterocycles. The summed E-state index contributed by atoms with van der Waals surface area (Å²) in [4.78, 5) is 23.6. The summed E-state index contributed by atoms with van der Waals surface area (Å²) in [7, 11) is 1.58. The Labute approximate surface area is 146 Å². The molecule has 0 fully saturated rings. The first-order chi connectivity index (χ1) is 12.1. The minimum absolute atomic E-state index is 0.118. The van der Waals surface area contributed by atoms with Crippen LogP contribution in [0, 0.1) is 0 Å². The van der Waals surface area contributed by atoms with E-state index in [1.54, 1.807) is 55.6 Å². The van der Waals surface area contributed by atoms with Crippen LogP contribution in [0.1, 0.15) is 23.7 Å². The molecule has 0 aromatic heterocycles. The molecule has 0 bridgehead atoms. The van der Waals surface area contributed by atoms with Gasteiger partial charge in [-0.1, -0.05) is 6.92 Å². The van der Waals surface area contributed by atoms with Crippen LogP contribution >= 0.6 is 0 Å². The topological polar surface area (TPSA) is 73.9 Å². The lowest BCUT2D eigenvalue weighted by Crippen LogP contribution is -2.20. The summed E-state index contributed by atoms with van der Waals surface area (Å²) in [6.07, 6.45) is 0.772. The van der Waals surface area contributed by atoms with E-state index in [-0.39, 0.29) is 18.5 Å². The Bertz CT molecular complexity index is 695. The maximum Gasteiger partial charge on any atom is 0.338 e. The van der Waals surface area contributed by atoms with Crippen molar-refractivity contribution in [1.82, 2.24) is 0 Å². The number of hydrogen-bond acceptors (Lipinski definition) is 5. The average Bonchev–Trinajstić information content (AvgIpc) is 2.65. The number of nitrogens with one attached hydrogen (secondary N) is 1. The van der Waals surface area contributed by atoms with Gasteiger partial charge in [0.1, 0.15) is 11.5 Å². The molecule has 0 spiro atoms. The predicted octanol–water partition coefficient (Wildman–Crippen LogP) is 3.28. The molecule has 0 aliphatic heterocycles. The molecule has 1 amide bonds. The molecular weight excluding hydrogens is 322 g/mol. The van der Waals surface area contributed by atoms with Crippen LogP contribution in [0.15, 0.2) is 48.5 Å². The molecule has 2 aromatic rings. The molecule has 0 aliphatic carbocycles. The van der Waals surface area contributed by atoms with E-state index in [9.17, 15) is 9.59 Å². The molecule has 0 saturated heterocycles.